The van der Waals surface area contributed by atoms with E-state index in [2.05, 4.69) is 10.3 Å². The lowest BCUT2D eigenvalue weighted by molar-refractivity contribution is 0.411. The van der Waals surface area contributed by atoms with Crippen LogP contribution in [-0.2, 0) is 6.54 Å². The molecule has 1 N–H and O–H groups in total. The molecule has 0 atom stereocenters. The monoisotopic (exact) mass is 262 g/mol. The molecule has 1 heterocycles. The highest BCUT2D eigenvalue weighted by molar-refractivity contribution is 5.68. The molecule has 1 aromatic heterocycles. The van der Waals surface area contributed by atoms with Gasteiger partial charge in [0.15, 0.2) is 12.2 Å². The molecule has 19 heavy (non-hydrogen) atoms. The Morgan fingerprint density at radius 1 is 1.47 bits per heavy atom. The van der Waals surface area contributed by atoms with Crippen molar-refractivity contribution in [1.29, 1.82) is 0 Å². The normalized spacial score (nSPS) is 14.6. The lowest BCUT2D eigenvalue weighted by Crippen LogP contribution is -2.16. The predicted octanol–water partition coefficient (Wildman–Crippen LogP) is 2.74. The maximum absolute atomic E-state index is 14.0. The van der Waals surface area contributed by atoms with Crippen LogP contribution in [0.2, 0.25) is 0 Å². The van der Waals surface area contributed by atoms with Gasteiger partial charge in [-0.2, -0.15) is 0 Å². The van der Waals surface area contributed by atoms with E-state index in [1.807, 2.05) is 0 Å². The van der Waals surface area contributed by atoms with E-state index in [-0.39, 0.29) is 5.82 Å². The molecule has 1 aliphatic carbocycles. The topological polar surface area (TPSA) is 47.3 Å². The zero-order valence-corrected chi connectivity index (χ0v) is 10.6. The third-order valence-corrected chi connectivity index (χ3v) is 3.20. The van der Waals surface area contributed by atoms with Crippen LogP contribution in [-0.4, -0.2) is 18.1 Å². The van der Waals surface area contributed by atoms with Crippen LogP contribution >= 0.6 is 0 Å². The van der Waals surface area contributed by atoms with Gasteiger partial charge in [-0.15, -0.1) is 0 Å². The molecule has 0 spiro atoms. The summed E-state index contributed by atoms with van der Waals surface area (Å²) in [5.41, 5.74) is 1.03. The number of hydrogen-bond donors (Lipinski definition) is 1. The summed E-state index contributed by atoms with van der Waals surface area (Å²) >= 11 is 0. The molecule has 0 unspecified atom stereocenters. The Morgan fingerprint density at radius 3 is 3.05 bits per heavy atom. The molecular formula is C14H15FN2O2. The molecule has 0 radical (unpaired) electrons. The van der Waals surface area contributed by atoms with Gasteiger partial charge in [0.05, 0.1) is 12.7 Å². The van der Waals surface area contributed by atoms with Gasteiger partial charge in [-0.25, -0.2) is 9.37 Å². The molecule has 3 rings (SSSR count). The van der Waals surface area contributed by atoms with E-state index in [9.17, 15) is 4.39 Å². The number of halogens is 1. The van der Waals surface area contributed by atoms with E-state index in [0.29, 0.717) is 35.4 Å². The number of rotatable bonds is 5. The van der Waals surface area contributed by atoms with E-state index < -0.39 is 0 Å². The summed E-state index contributed by atoms with van der Waals surface area (Å²) in [4.78, 5) is 4.16. The number of ether oxygens (including phenoxy) is 1. The zero-order chi connectivity index (χ0) is 13.2. The third kappa shape index (κ3) is 2.46. The summed E-state index contributed by atoms with van der Waals surface area (Å²) < 4.78 is 24.6. The number of aromatic nitrogens is 1. The molecule has 1 saturated carbocycles. The highest BCUT2D eigenvalue weighted by Crippen LogP contribution is 2.34. The van der Waals surface area contributed by atoms with Crippen molar-refractivity contribution in [2.45, 2.75) is 25.4 Å². The average Bonchev–Trinajstić information content (AvgIpc) is 3.14. The fraction of sp³-hybridized carbons (Fsp3) is 0.357. The van der Waals surface area contributed by atoms with E-state index in [1.54, 1.807) is 12.1 Å². The molecule has 5 heteroatoms. The Kier molecular flexibility index (Phi) is 3.21. The lowest BCUT2D eigenvalue weighted by Gasteiger charge is -2.08. The highest BCUT2D eigenvalue weighted by atomic mass is 19.1. The molecule has 2 aromatic rings. The standard InChI is InChI=1S/C14H15FN2O2/c1-18-12-4-2-3-10(15)13(12)14-11(17-8-19-14)7-16-9-5-6-9/h2-4,8-9,16H,5-7H2,1H3. The predicted molar refractivity (Wildman–Crippen MR) is 68.3 cm³/mol. The van der Waals surface area contributed by atoms with E-state index in [1.165, 1.54) is 32.4 Å². The van der Waals surface area contributed by atoms with Crippen molar-refractivity contribution in [2.75, 3.05) is 7.11 Å². The third-order valence-electron chi connectivity index (χ3n) is 3.20. The van der Waals surface area contributed by atoms with Crippen LogP contribution in [0, 0.1) is 5.82 Å². The largest absolute Gasteiger partial charge is 0.496 e. The smallest absolute Gasteiger partial charge is 0.181 e. The van der Waals surface area contributed by atoms with Crippen LogP contribution in [0.5, 0.6) is 5.75 Å². The van der Waals surface area contributed by atoms with Gasteiger partial charge < -0.3 is 14.5 Å². The van der Waals surface area contributed by atoms with Crippen LogP contribution in [0.1, 0.15) is 18.5 Å². The number of oxazole rings is 1. The van der Waals surface area contributed by atoms with E-state index >= 15 is 0 Å². The molecule has 1 aliphatic rings. The van der Waals surface area contributed by atoms with Crippen LogP contribution in [0.25, 0.3) is 11.3 Å². The van der Waals surface area contributed by atoms with Gasteiger partial charge in [0.25, 0.3) is 0 Å². The quantitative estimate of drug-likeness (QED) is 0.900. The number of hydrogen-bond acceptors (Lipinski definition) is 4. The zero-order valence-electron chi connectivity index (χ0n) is 10.6. The second kappa shape index (κ2) is 5.01. The molecular weight excluding hydrogens is 247 g/mol. The van der Waals surface area contributed by atoms with Gasteiger partial charge in [0.1, 0.15) is 17.3 Å². The minimum atomic E-state index is -0.372. The van der Waals surface area contributed by atoms with Crippen LogP contribution in [0.15, 0.2) is 29.0 Å². The summed E-state index contributed by atoms with van der Waals surface area (Å²) in [6.45, 7) is 0.577. The number of benzene rings is 1. The minimum Gasteiger partial charge on any atom is -0.496 e. The highest BCUT2D eigenvalue weighted by Gasteiger charge is 2.23. The molecule has 1 fully saturated rings. The summed E-state index contributed by atoms with van der Waals surface area (Å²) in [6.07, 6.45) is 3.72. The van der Waals surface area contributed by atoms with Crippen molar-refractivity contribution in [1.82, 2.24) is 10.3 Å². The summed E-state index contributed by atoms with van der Waals surface area (Å²) in [6, 6.07) is 5.26. The Morgan fingerprint density at radius 2 is 2.32 bits per heavy atom. The number of methoxy groups -OCH3 is 1. The van der Waals surface area contributed by atoms with Crippen molar-refractivity contribution in [2.24, 2.45) is 0 Å². The molecule has 0 saturated heterocycles. The molecule has 1 aromatic carbocycles. The fourth-order valence-electron chi connectivity index (χ4n) is 2.02. The van der Waals surface area contributed by atoms with Crippen molar-refractivity contribution in [3.8, 4) is 17.1 Å². The Balaban J connectivity index is 1.94. The first-order chi connectivity index (χ1) is 9.29. The van der Waals surface area contributed by atoms with Crippen LogP contribution in [0.3, 0.4) is 0 Å². The van der Waals surface area contributed by atoms with Gasteiger partial charge in [-0.1, -0.05) is 6.07 Å². The second-order valence-electron chi connectivity index (χ2n) is 4.60. The summed E-state index contributed by atoms with van der Waals surface area (Å²) in [5.74, 6) is 0.510. The van der Waals surface area contributed by atoms with E-state index in [0.717, 1.165) is 0 Å². The summed E-state index contributed by atoms with van der Waals surface area (Å²) in [7, 11) is 1.51. The van der Waals surface area contributed by atoms with Gasteiger partial charge in [0, 0.05) is 12.6 Å². The Hall–Kier alpha value is -1.88. The molecule has 100 valence electrons. The van der Waals surface area contributed by atoms with Crippen LogP contribution in [0.4, 0.5) is 4.39 Å². The average molecular weight is 262 g/mol. The van der Waals surface area contributed by atoms with Gasteiger partial charge in [-0.3, -0.25) is 0 Å². The lowest BCUT2D eigenvalue weighted by atomic mass is 10.1. The first kappa shape index (κ1) is 12.2. The summed E-state index contributed by atoms with van der Waals surface area (Å²) in [5, 5.41) is 3.34. The number of nitrogens with zero attached hydrogens (tertiary/aromatic N) is 1. The molecule has 4 nitrogen and oxygen atoms in total. The Bertz CT molecular complexity index is 579. The van der Waals surface area contributed by atoms with Crippen LogP contribution < -0.4 is 10.1 Å². The maximum Gasteiger partial charge on any atom is 0.181 e. The Labute approximate surface area is 110 Å². The van der Waals surface area contributed by atoms with Crippen molar-refractivity contribution in [3.05, 3.63) is 36.1 Å². The van der Waals surface area contributed by atoms with Crippen molar-refractivity contribution >= 4 is 0 Å². The molecule has 0 bridgehead atoms. The SMILES string of the molecule is COc1cccc(F)c1-c1ocnc1CNC1CC1. The van der Waals surface area contributed by atoms with Gasteiger partial charge in [0.2, 0.25) is 0 Å². The fourth-order valence-corrected chi connectivity index (χ4v) is 2.02. The van der Waals surface area contributed by atoms with Crippen molar-refractivity contribution in [3.63, 3.8) is 0 Å². The molecule has 0 amide bonds. The van der Waals surface area contributed by atoms with Crippen molar-refractivity contribution < 1.29 is 13.5 Å². The maximum atomic E-state index is 14.0. The number of nitrogens with one attached hydrogen (secondary N) is 1. The second-order valence-corrected chi connectivity index (χ2v) is 4.60. The first-order valence-electron chi connectivity index (χ1n) is 6.28. The molecule has 0 aliphatic heterocycles. The van der Waals surface area contributed by atoms with Gasteiger partial charge >= 0.3 is 0 Å². The first-order valence-corrected chi connectivity index (χ1v) is 6.28. The van der Waals surface area contributed by atoms with Gasteiger partial charge in [-0.05, 0) is 25.0 Å². The van der Waals surface area contributed by atoms with E-state index in [4.69, 9.17) is 9.15 Å². The minimum absolute atomic E-state index is 0.329.